The smallest absolute Gasteiger partial charge is 0.191 e. The summed E-state index contributed by atoms with van der Waals surface area (Å²) in [7, 11) is 1.55. The van der Waals surface area contributed by atoms with E-state index in [1.54, 1.807) is 13.2 Å². The van der Waals surface area contributed by atoms with Gasteiger partial charge in [0.25, 0.3) is 0 Å². The van der Waals surface area contributed by atoms with Gasteiger partial charge < -0.3 is 20.5 Å². The fourth-order valence-corrected chi connectivity index (χ4v) is 3.70. The summed E-state index contributed by atoms with van der Waals surface area (Å²) in [4.78, 5) is 7.18. The molecule has 1 aliphatic heterocycles. The molecule has 6 nitrogen and oxygen atoms in total. The number of likely N-dealkylation sites (tertiary alicyclic amines) is 1. The molecule has 1 atom stereocenters. The number of para-hydroxylation sites is 1. The number of nitrogens with zero attached hydrogens (tertiary/aromatic N) is 2. The molecule has 3 rings (SSSR count). The minimum atomic E-state index is 0. The van der Waals surface area contributed by atoms with Gasteiger partial charge in [0, 0.05) is 31.2 Å². The van der Waals surface area contributed by atoms with Crippen LogP contribution in [0.2, 0.25) is 0 Å². The number of methoxy groups -OCH3 is 1. The van der Waals surface area contributed by atoms with E-state index < -0.39 is 0 Å². The van der Waals surface area contributed by atoms with Crippen molar-refractivity contribution in [3.05, 3.63) is 59.7 Å². The summed E-state index contributed by atoms with van der Waals surface area (Å²) in [6, 6.07) is 16.5. The highest BCUT2D eigenvalue weighted by molar-refractivity contribution is 14.0. The van der Waals surface area contributed by atoms with Gasteiger partial charge in [0.15, 0.2) is 17.5 Å². The van der Waals surface area contributed by atoms with Gasteiger partial charge in [-0.1, -0.05) is 42.5 Å². The second kappa shape index (κ2) is 12.6. The summed E-state index contributed by atoms with van der Waals surface area (Å²) in [5, 5.41) is 17.2. The van der Waals surface area contributed by atoms with Crippen LogP contribution in [0, 0.1) is 0 Å². The summed E-state index contributed by atoms with van der Waals surface area (Å²) in [5.41, 5.74) is 2.10. The molecule has 3 N–H and O–H groups in total. The lowest BCUT2D eigenvalue weighted by atomic mass is 10.0. The SMILES string of the molecule is CCNC(=NCc1cccc(OC)c1O)NC1CCCN(Cc2ccccc2)C1.I. The summed E-state index contributed by atoms with van der Waals surface area (Å²) < 4.78 is 5.19. The lowest BCUT2D eigenvalue weighted by Crippen LogP contribution is -2.50. The molecular formula is C23H33IN4O2. The van der Waals surface area contributed by atoms with Crippen LogP contribution in [0.5, 0.6) is 11.5 Å². The predicted octanol–water partition coefficient (Wildman–Crippen LogP) is 3.74. The van der Waals surface area contributed by atoms with Crippen LogP contribution in [0.25, 0.3) is 0 Å². The number of guanidine groups is 1. The van der Waals surface area contributed by atoms with E-state index in [2.05, 4.69) is 57.8 Å². The number of rotatable bonds is 7. The minimum absolute atomic E-state index is 0. The molecule has 164 valence electrons. The Morgan fingerprint density at radius 3 is 2.73 bits per heavy atom. The van der Waals surface area contributed by atoms with Crippen molar-refractivity contribution >= 4 is 29.9 Å². The Balaban J connectivity index is 0.00000320. The number of piperidine rings is 1. The maximum absolute atomic E-state index is 10.3. The zero-order valence-corrected chi connectivity index (χ0v) is 20.1. The lowest BCUT2D eigenvalue weighted by Gasteiger charge is -2.34. The first-order valence-electron chi connectivity index (χ1n) is 10.4. The number of benzene rings is 2. The molecule has 0 saturated carbocycles. The minimum Gasteiger partial charge on any atom is -0.504 e. The van der Waals surface area contributed by atoms with Gasteiger partial charge in [-0.2, -0.15) is 0 Å². The molecule has 0 amide bonds. The van der Waals surface area contributed by atoms with Crippen LogP contribution in [0.4, 0.5) is 0 Å². The summed E-state index contributed by atoms with van der Waals surface area (Å²) in [6.07, 6.45) is 2.29. The normalized spacial score (nSPS) is 17.1. The molecule has 1 aliphatic rings. The number of halogens is 1. The fraction of sp³-hybridized carbons (Fsp3) is 0.435. The second-order valence-corrected chi connectivity index (χ2v) is 7.37. The topological polar surface area (TPSA) is 69.1 Å². The fourth-order valence-electron chi connectivity index (χ4n) is 3.70. The molecule has 2 aromatic rings. The lowest BCUT2D eigenvalue weighted by molar-refractivity contribution is 0.192. The van der Waals surface area contributed by atoms with Crippen molar-refractivity contribution in [3.8, 4) is 11.5 Å². The third-order valence-corrected chi connectivity index (χ3v) is 5.15. The predicted molar refractivity (Wildman–Crippen MR) is 133 cm³/mol. The van der Waals surface area contributed by atoms with E-state index in [0.29, 0.717) is 18.3 Å². The average Bonchev–Trinajstić information content (AvgIpc) is 2.74. The van der Waals surface area contributed by atoms with Crippen LogP contribution in [0.3, 0.4) is 0 Å². The van der Waals surface area contributed by atoms with Gasteiger partial charge in [0.2, 0.25) is 0 Å². The van der Waals surface area contributed by atoms with E-state index >= 15 is 0 Å². The molecule has 0 aliphatic carbocycles. The van der Waals surface area contributed by atoms with E-state index in [0.717, 1.165) is 44.1 Å². The molecule has 0 aromatic heterocycles. The maximum Gasteiger partial charge on any atom is 0.191 e. The molecule has 2 aromatic carbocycles. The molecular weight excluding hydrogens is 491 g/mol. The van der Waals surface area contributed by atoms with Crippen LogP contribution >= 0.6 is 24.0 Å². The highest BCUT2D eigenvalue weighted by Crippen LogP contribution is 2.29. The molecule has 7 heteroatoms. The van der Waals surface area contributed by atoms with Crippen molar-refractivity contribution in [3.63, 3.8) is 0 Å². The van der Waals surface area contributed by atoms with Crippen LogP contribution in [0.15, 0.2) is 53.5 Å². The van der Waals surface area contributed by atoms with Crippen molar-refractivity contribution < 1.29 is 9.84 Å². The number of nitrogens with one attached hydrogen (secondary N) is 2. The number of hydrogen-bond donors (Lipinski definition) is 3. The monoisotopic (exact) mass is 524 g/mol. The average molecular weight is 524 g/mol. The first-order chi connectivity index (χ1) is 14.2. The zero-order chi connectivity index (χ0) is 20.5. The number of phenols is 1. The molecule has 1 fully saturated rings. The number of aliphatic imine (C=N–C) groups is 1. The van der Waals surface area contributed by atoms with Gasteiger partial charge in [0.1, 0.15) is 0 Å². The summed E-state index contributed by atoms with van der Waals surface area (Å²) >= 11 is 0. The Hall–Kier alpha value is -2.00. The standard InChI is InChI=1S/C23H32N4O2.HI/c1-3-24-23(25-15-19-11-7-13-21(29-2)22(19)28)26-20-12-8-14-27(17-20)16-18-9-5-4-6-10-18;/h4-7,9-11,13,20,28H,3,8,12,14-17H2,1-2H3,(H2,24,25,26);1H. The zero-order valence-electron chi connectivity index (χ0n) is 17.8. The molecule has 0 spiro atoms. The molecule has 30 heavy (non-hydrogen) atoms. The number of phenolic OH excluding ortho intramolecular Hbond substituents is 1. The summed E-state index contributed by atoms with van der Waals surface area (Å²) in [6.45, 7) is 6.32. The molecule has 1 heterocycles. The third kappa shape index (κ3) is 7.05. The Morgan fingerprint density at radius 1 is 1.20 bits per heavy atom. The van der Waals surface area contributed by atoms with Crippen molar-refractivity contribution in [1.82, 2.24) is 15.5 Å². The van der Waals surface area contributed by atoms with Crippen LogP contribution < -0.4 is 15.4 Å². The molecule has 1 saturated heterocycles. The quantitative estimate of drug-likeness (QED) is 0.293. The Bertz CT molecular complexity index is 801. The van der Waals surface area contributed by atoms with Gasteiger partial charge in [-0.15, -0.1) is 24.0 Å². The Labute approximate surface area is 196 Å². The van der Waals surface area contributed by atoms with Crippen LogP contribution in [-0.4, -0.2) is 48.8 Å². The number of aromatic hydroxyl groups is 1. The van der Waals surface area contributed by atoms with Gasteiger partial charge in [-0.25, -0.2) is 4.99 Å². The van der Waals surface area contributed by atoms with E-state index in [-0.39, 0.29) is 29.7 Å². The van der Waals surface area contributed by atoms with Crippen molar-refractivity contribution in [1.29, 1.82) is 0 Å². The Kier molecular flexibility index (Phi) is 10.2. The Morgan fingerprint density at radius 2 is 2.00 bits per heavy atom. The van der Waals surface area contributed by atoms with Gasteiger partial charge in [0.05, 0.1) is 13.7 Å². The van der Waals surface area contributed by atoms with Crippen molar-refractivity contribution in [2.24, 2.45) is 4.99 Å². The van der Waals surface area contributed by atoms with E-state index in [4.69, 9.17) is 4.74 Å². The van der Waals surface area contributed by atoms with E-state index in [1.807, 2.05) is 12.1 Å². The molecule has 1 unspecified atom stereocenters. The molecule has 0 radical (unpaired) electrons. The highest BCUT2D eigenvalue weighted by Gasteiger charge is 2.20. The molecule has 0 bridgehead atoms. The number of ether oxygens (including phenoxy) is 1. The summed E-state index contributed by atoms with van der Waals surface area (Å²) in [5.74, 6) is 1.40. The van der Waals surface area contributed by atoms with Crippen LogP contribution in [0.1, 0.15) is 30.9 Å². The maximum atomic E-state index is 10.3. The van der Waals surface area contributed by atoms with Gasteiger partial charge >= 0.3 is 0 Å². The van der Waals surface area contributed by atoms with E-state index in [1.165, 1.54) is 12.0 Å². The third-order valence-electron chi connectivity index (χ3n) is 5.15. The number of hydrogen-bond acceptors (Lipinski definition) is 4. The highest BCUT2D eigenvalue weighted by atomic mass is 127. The largest absolute Gasteiger partial charge is 0.504 e. The van der Waals surface area contributed by atoms with E-state index in [9.17, 15) is 5.11 Å². The van der Waals surface area contributed by atoms with Crippen LogP contribution in [-0.2, 0) is 13.1 Å². The van der Waals surface area contributed by atoms with Crippen molar-refractivity contribution in [2.45, 2.75) is 38.9 Å². The van der Waals surface area contributed by atoms with Gasteiger partial charge in [-0.3, -0.25) is 4.90 Å². The first kappa shape index (κ1) is 24.3. The van der Waals surface area contributed by atoms with Gasteiger partial charge in [-0.05, 0) is 37.9 Å². The first-order valence-corrected chi connectivity index (χ1v) is 10.4. The second-order valence-electron chi connectivity index (χ2n) is 7.37. The van der Waals surface area contributed by atoms with Crippen molar-refractivity contribution in [2.75, 3.05) is 26.7 Å².